The molecule has 1 saturated heterocycles. The number of carbonyl (C=O) groups excluding carboxylic acids is 1. The monoisotopic (exact) mass is 636 g/mol. The zero-order valence-electron chi connectivity index (χ0n) is 25.0. The van der Waals surface area contributed by atoms with Crippen LogP contribution in [0.1, 0.15) is 53.8 Å². The molecule has 4 heterocycles. The highest BCUT2D eigenvalue weighted by Gasteiger charge is 2.67. The van der Waals surface area contributed by atoms with Gasteiger partial charge in [-0.25, -0.2) is 9.97 Å². The molecule has 236 valence electrons. The molecule has 0 atom stereocenters. The van der Waals surface area contributed by atoms with Crippen molar-refractivity contribution in [2.45, 2.75) is 76.3 Å². The van der Waals surface area contributed by atoms with Crippen molar-refractivity contribution in [2.75, 3.05) is 25.0 Å². The maximum atomic E-state index is 12.9. The van der Waals surface area contributed by atoms with Gasteiger partial charge in [-0.1, -0.05) is 6.07 Å². The molecule has 4 aromatic rings. The average Bonchev–Trinajstić information content (AvgIpc) is 3.52. The van der Waals surface area contributed by atoms with Crippen LogP contribution in [-0.4, -0.2) is 62.7 Å². The minimum absolute atomic E-state index is 0.0297. The molecule has 45 heavy (non-hydrogen) atoms. The highest BCUT2D eigenvalue weighted by molar-refractivity contribution is 7.18. The van der Waals surface area contributed by atoms with Crippen LogP contribution in [-0.2, 0) is 24.3 Å². The number of halogens is 3. The fraction of sp³-hybridized carbons (Fsp3) is 0.500. The standard InChI is InChI=1S/C32H35F3N8OS/c1-19-20(2-3-26-24(19)8-22(11-36)43(26)17-30-14-31(15-30,16-30)40-12-27(37)44)13-42-6-4-21(5-7-42)41-28-25-9-23(10-32(33,34)35)45-29(25)39-18-38-28/h2-3,8-9,18,21,40H,4-7,10,12-17H2,1H3,(H2,37,44)(H,38,39,41). The number of hydrogen-bond acceptors (Lipinski definition) is 8. The smallest absolute Gasteiger partial charge is 0.369 e. The van der Waals surface area contributed by atoms with Crippen molar-refractivity contribution in [1.82, 2.24) is 24.8 Å². The fourth-order valence-corrected chi connectivity index (χ4v) is 8.92. The maximum Gasteiger partial charge on any atom is 0.393 e. The first-order valence-electron chi connectivity index (χ1n) is 15.3. The first kappa shape index (κ1) is 30.0. The lowest BCUT2D eigenvalue weighted by atomic mass is 9.39. The van der Waals surface area contributed by atoms with E-state index in [2.05, 4.69) is 55.2 Å². The first-order valence-corrected chi connectivity index (χ1v) is 16.1. The van der Waals surface area contributed by atoms with Crippen LogP contribution in [0.2, 0.25) is 0 Å². The van der Waals surface area contributed by atoms with Crippen LogP contribution < -0.4 is 16.4 Å². The van der Waals surface area contributed by atoms with Gasteiger partial charge in [0.05, 0.1) is 18.4 Å². The Hall–Kier alpha value is -3.73. The number of anilines is 1. The molecule has 0 spiro atoms. The molecule has 3 aromatic heterocycles. The Bertz CT molecular complexity index is 1810. The predicted octanol–water partition coefficient (Wildman–Crippen LogP) is 5.01. The molecule has 3 saturated carbocycles. The van der Waals surface area contributed by atoms with Crippen molar-refractivity contribution < 1.29 is 18.0 Å². The van der Waals surface area contributed by atoms with E-state index in [0.717, 1.165) is 80.5 Å². The molecule has 0 unspecified atom stereocenters. The van der Waals surface area contributed by atoms with E-state index < -0.39 is 12.6 Å². The normalized spacial score (nSPS) is 23.5. The zero-order valence-corrected chi connectivity index (χ0v) is 25.8. The highest BCUT2D eigenvalue weighted by Crippen LogP contribution is 2.68. The number of nitrogens with two attached hydrogens (primary N) is 1. The number of amides is 1. The number of rotatable bonds is 10. The summed E-state index contributed by atoms with van der Waals surface area (Å²) in [7, 11) is 0. The average molecular weight is 637 g/mol. The third-order valence-corrected chi connectivity index (χ3v) is 11.0. The number of carbonyl (C=O) groups is 1. The lowest BCUT2D eigenvalue weighted by Gasteiger charge is -2.71. The van der Waals surface area contributed by atoms with Crippen molar-refractivity contribution in [2.24, 2.45) is 11.1 Å². The third kappa shape index (κ3) is 5.75. The van der Waals surface area contributed by atoms with E-state index in [9.17, 15) is 23.2 Å². The Kier molecular flexibility index (Phi) is 7.30. The van der Waals surface area contributed by atoms with E-state index >= 15 is 0 Å². The van der Waals surface area contributed by atoms with Crippen LogP contribution in [0.15, 0.2) is 30.6 Å². The summed E-state index contributed by atoms with van der Waals surface area (Å²) in [6, 6.07) is 10.5. The Morgan fingerprint density at radius 3 is 2.62 bits per heavy atom. The predicted molar refractivity (Wildman–Crippen MR) is 167 cm³/mol. The van der Waals surface area contributed by atoms with Crippen molar-refractivity contribution >= 4 is 44.2 Å². The minimum atomic E-state index is -4.26. The number of likely N-dealkylation sites (tertiary alicyclic amines) is 1. The van der Waals surface area contributed by atoms with Gasteiger partial charge in [0.15, 0.2) is 0 Å². The molecule has 1 amide bonds. The lowest BCUT2D eigenvalue weighted by Crippen LogP contribution is -2.75. The van der Waals surface area contributed by atoms with Gasteiger partial charge in [-0.15, -0.1) is 11.3 Å². The fourth-order valence-electron chi connectivity index (χ4n) is 7.89. The second kappa shape index (κ2) is 11.0. The van der Waals surface area contributed by atoms with E-state index in [4.69, 9.17) is 5.73 Å². The van der Waals surface area contributed by atoms with E-state index in [0.29, 0.717) is 21.7 Å². The molecule has 2 bridgehead atoms. The van der Waals surface area contributed by atoms with Crippen LogP contribution in [0, 0.1) is 23.7 Å². The molecule has 0 radical (unpaired) electrons. The molecule has 3 aliphatic carbocycles. The van der Waals surface area contributed by atoms with Crippen LogP contribution in [0.3, 0.4) is 0 Å². The van der Waals surface area contributed by atoms with Crippen LogP contribution in [0.4, 0.5) is 19.0 Å². The van der Waals surface area contributed by atoms with Gasteiger partial charge in [0.2, 0.25) is 5.91 Å². The van der Waals surface area contributed by atoms with Gasteiger partial charge < -0.3 is 20.9 Å². The molecule has 9 nitrogen and oxygen atoms in total. The number of thiophene rings is 1. The molecule has 4 aliphatic rings. The van der Waals surface area contributed by atoms with Crippen LogP contribution >= 0.6 is 11.3 Å². The number of nitrogens with one attached hydrogen (secondary N) is 2. The Morgan fingerprint density at radius 1 is 1.18 bits per heavy atom. The topological polar surface area (TPSA) is 125 Å². The lowest BCUT2D eigenvalue weighted by molar-refractivity contribution is -0.164. The third-order valence-electron chi connectivity index (χ3n) is 9.93. The number of fused-ring (bicyclic) bond motifs is 2. The largest absolute Gasteiger partial charge is 0.393 e. The summed E-state index contributed by atoms with van der Waals surface area (Å²) < 4.78 is 40.9. The minimum Gasteiger partial charge on any atom is -0.369 e. The number of benzene rings is 1. The summed E-state index contributed by atoms with van der Waals surface area (Å²) in [4.78, 5) is 23.0. The maximum absolute atomic E-state index is 12.9. The number of aryl methyl sites for hydroxylation is 1. The summed E-state index contributed by atoms with van der Waals surface area (Å²) in [5.74, 6) is 0.258. The molecule has 4 N–H and O–H groups in total. The van der Waals surface area contributed by atoms with Gasteiger partial charge in [-0.2, -0.15) is 18.4 Å². The molecular weight excluding hydrogens is 601 g/mol. The van der Waals surface area contributed by atoms with Gasteiger partial charge in [0.25, 0.3) is 0 Å². The molecule has 13 heteroatoms. The van der Waals surface area contributed by atoms with E-state index in [1.165, 1.54) is 17.5 Å². The highest BCUT2D eigenvalue weighted by atomic mass is 32.1. The summed E-state index contributed by atoms with van der Waals surface area (Å²) in [6.45, 7) is 5.71. The number of nitriles is 1. The summed E-state index contributed by atoms with van der Waals surface area (Å²) in [6.07, 6.45) is 0.951. The van der Waals surface area contributed by atoms with Crippen molar-refractivity contribution in [3.8, 4) is 6.07 Å². The van der Waals surface area contributed by atoms with Crippen molar-refractivity contribution in [1.29, 1.82) is 5.26 Å². The number of alkyl halides is 3. The van der Waals surface area contributed by atoms with Gasteiger partial charge in [0, 0.05) is 53.5 Å². The van der Waals surface area contributed by atoms with Gasteiger partial charge in [-0.05, 0) is 73.8 Å². The van der Waals surface area contributed by atoms with E-state index in [1.54, 1.807) is 6.07 Å². The van der Waals surface area contributed by atoms with Gasteiger partial charge in [0.1, 0.15) is 28.7 Å². The Morgan fingerprint density at radius 2 is 1.93 bits per heavy atom. The zero-order chi connectivity index (χ0) is 31.6. The van der Waals surface area contributed by atoms with Crippen molar-refractivity contribution in [3.05, 3.63) is 52.3 Å². The number of hydrogen-bond donors (Lipinski definition) is 3. The van der Waals surface area contributed by atoms with Crippen LogP contribution in [0.5, 0.6) is 0 Å². The Labute approximate surface area is 262 Å². The van der Waals surface area contributed by atoms with E-state index in [1.807, 2.05) is 6.07 Å². The summed E-state index contributed by atoms with van der Waals surface area (Å²) >= 11 is 1.06. The second-order valence-corrected chi connectivity index (χ2v) is 14.4. The van der Waals surface area contributed by atoms with E-state index in [-0.39, 0.29) is 34.3 Å². The number of piperidine rings is 1. The number of nitrogens with zero attached hydrogens (tertiary/aromatic N) is 5. The molecule has 8 rings (SSSR count). The molecule has 1 aliphatic heterocycles. The molecule has 4 fully saturated rings. The summed E-state index contributed by atoms with van der Waals surface area (Å²) in [5.41, 5.74) is 9.70. The second-order valence-electron chi connectivity index (χ2n) is 13.3. The SMILES string of the molecule is Cc1c(CN2CCC(Nc3ncnc4sc(CC(F)(F)F)cc34)CC2)ccc2c1cc(C#N)n2CC12CC(NCC(N)=O)(C1)C2. The quantitative estimate of drug-likeness (QED) is 0.224. The van der Waals surface area contributed by atoms with Crippen molar-refractivity contribution in [3.63, 3.8) is 0 Å². The first-order chi connectivity index (χ1) is 21.4. The molecular formula is C32H35F3N8OS. The van der Waals surface area contributed by atoms with Gasteiger partial charge in [-0.3, -0.25) is 9.69 Å². The number of aromatic nitrogens is 3. The summed E-state index contributed by atoms with van der Waals surface area (Å²) in [5, 5.41) is 18.5. The van der Waals surface area contributed by atoms with Crippen LogP contribution in [0.25, 0.3) is 21.1 Å². The number of primary amides is 1. The Balaban J connectivity index is 0.984. The van der Waals surface area contributed by atoms with Gasteiger partial charge >= 0.3 is 6.18 Å². The molecule has 1 aromatic carbocycles.